The van der Waals surface area contributed by atoms with Gasteiger partial charge in [0.15, 0.2) is 0 Å². The van der Waals surface area contributed by atoms with Crippen LogP contribution in [0.25, 0.3) is 0 Å². The highest BCUT2D eigenvalue weighted by Crippen LogP contribution is 2.21. The lowest BCUT2D eigenvalue weighted by Gasteiger charge is -2.31. The summed E-state index contributed by atoms with van der Waals surface area (Å²) in [7, 11) is 0. The van der Waals surface area contributed by atoms with Crippen LogP contribution in [0.4, 0.5) is 0 Å². The number of hydrogen-bond donors (Lipinski definition) is 8. The van der Waals surface area contributed by atoms with Gasteiger partial charge in [0.05, 0.1) is 6.04 Å². The smallest absolute Gasteiger partial charge is 0.326 e. The Balaban J connectivity index is 2.28. The first-order valence-electron chi connectivity index (χ1n) is 18.0. The van der Waals surface area contributed by atoms with Crippen molar-refractivity contribution in [2.24, 2.45) is 29.0 Å². The highest BCUT2D eigenvalue weighted by molar-refractivity contribution is 5.97. The number of nitrogens with zero attached hydrogens (tertiary/aromatic N) is 1. The van der Waals surface area contributed by atoms with Crippen LogP contribution in [0.1, 0.15) is 84.6 Å². The van der Waals surface area contributed by atoms with Gasteiger partial charge in [-0.15, -0.1) is 0 Å². The molecule has 1 aliphatic heterocycles. The van der Waals surface area contributed by atoms with E-state index in [1.165, 1.54) is 4.90 Å². The molecule has 294 valence electrons. The van der Waals surface area contributed by atoms with E-state index in [-0.39, 0.29) is 63.3 Å². The Hall–Kier alpha value is -5.06. The van der Waals surface area contributed by atoms with Gasteiger partial charge in [-0.25, -0.2) is 4.79 Å². The van der Waals surface area contributed by atoms with Crippen LogP contribution in [0.5, 0.6) is 0 Å². The van der Waals surface area contributed by atoms with Crippen LogP contribution in [0.15, 0.2) is 30.3 Å². The molecule has 1 aliphatic rings. The van der Waals surface area contributed by atoms with Gasteiger partial charge in [-0.2, -0.15) is 0 Å². The van der Waals surface area contributed by atoms with Gasteiger partial charge < -0.3 is 48.5 Å². The molecule has 17 heteroatoms. The number of carboxylic acids is 1. The zero-order chi connectivity index (χ0) is 39.8. The maximum atomic E-state index is 14.0. The molecule has 1 fully saturated rings. The molecule has 0 radical (unpaired) electrons. The van der Waals surface area contributed by atoms with E-state index in [1.807, 2.05) is 13.8 Å². The van der Waals surface area contributed by atoms with Crippen LogP contribution in [0.2, 0.25) is 0 Å². The predicted molar refractivity (Wildman–Crippen MR) is 194 cm³/mol. The summed E-state index contributed by atoms with van der Waals surface area (Å²) in [6, 6.07) is 1.67. The maximum absolute atomic E-state index is 14.0. The topological polar surface area (TPSA) is 286 Å². The molecule has 0 bridgehead atoms. The molecule has 7 amide bonds. The number of carboxylic acid groups (broad SMARTS) is 1. The average molecular weight is 745 g/mol. The number of primary amides is 2. The number of nitrogens with two attached hydrogens (primary N) is 3. The van der Waals surface area contributed by atoms with E-state index in [9.17, 15) is 43.5 Å². The van der Waals surface area contributed by atoms with E-state index < -0.39 is 83.6 Å². The van der Waals surface area contributed by atoms with Crippen LogP contribution < -0.4 is 38.5 Å². The standard InChI is InChI=1S/C36H56N8O9/c1-20(2)17-23(37)31(47)40-24(12-14-29(38)45)32(48)42-26(18-21(3)4)33(49)41-25(13-15-30(39)46)35(51)44-16-8-11-28(44)34(50)43-27(36(52)53)19-22-9-6-5-7-10-22/h5-7,9-10,20-21,23-28H,8,11-19,37H2,1-4H3,(H2,38,45)(H2,39,46)(H,40,47)(H,41,49)(H,42,48)(H,43,50)(H,52,53)/t23-,24-,25-,26-,27-,28-/m0/s1. The Bertz CT molecular complexity index is 1460. The average Bonchev–Trinajstić information content (AvgIpc) is 3.57. The van der Waals surface area contributed by atoms with Crippen molar-refractivity contribution in [3.05, 3.63) is 35.9 Å². The van der Waals surface area contributed by atoms with Gasteiger partial charge in [-0.05, 0) is 55.9 Å². The molecular weight excluding hydrogens is 688 g/mol. The monoisotopic (exact) mass is 744 g/mol. The largest absolute Gasteiger partial charge is 0.480 e. The number of carbonyl (C=O) groups is 8. The van der Waals surface area contributed by atoms with E-state index in [4.69, 9.17) is 17.2 Å². The van der Waals surface area contributed by atoms with Crippen molar-refractivity contribution in [1.29, 1.82) is 0 Å². The van der Waals surface area contributed by atoms with Crippen molar-refractivity contribution < 1.29 is 43.5 Å². The molecule has 0 unspecified atom stereocenters. The zero-order valence-corrected chi connectivity index (χ0v) is 31.0. The van der Waals surface area contributed by atoms with Crippen molar-refractivity contribution in [1.82, 2.24) is 26.2 Å². The van der Waals surface area contributed by atoms with Crippen molar-refractivity contribution in [2.45, 2.75) is 122 Å². The second-order valence-corrected chi connectivity index (χ2v) is 14.3. The molecule has 0 aliphatic carbocycles. The number of likely N-dealkylation sites (tertiary alicyclic amines) is 1. The number of amides is 7. The predicted octanol–water partition coefficient (Wildman–Crippen LogP) is -0.806. The van der Waals surface area contributed by atoms with Gasteiger partial charge in [-0.3, -0.25) is 33.6 Å². The minimum atomic E-state index is -1.34. The maximum Gasteiger partial charge on any atom is 0.326 e. The minimum Gasteiger partial charge on any atom is -0.480 e. The molecular formula is C36H56N8O9. The molecule has 1 heterocycles. The van der Waals surface area contributed by atoms with E-state index in [0.29, 0.717) is 18.4 Å². The summed E-state index contributed by atoms with van der Waals surface area (Å²) < 4.78 is 0. The molecule has 0 saturated carbocycles. The van der Waals surface area contributed by atoms with Gasteiger partial charge >= 0.3 is 5.97 Å². The fourth-order valence-corrected chi connectivity index (χ4v) is 6.06. The summed E-state index contributed by atoms with van der Waals surface area (Å²) >= 11 is 0. The summed E-state index contributed by atoms with van der Waals surface area (Å²) in [6.45, 7) is 7.48. The Kier molecular flexibility index (Phi) is 17.9. The number of benzene rings is 1. The highest BCUT2D eigenvalue weighted by atomic mass is 16.4. The number of nitrogens with one attached hydrogen (secondary N) is 4. The van der Waals surface area contributed by atoms with E-state index in [0.717, 1.165) is 0 Å². The summed E-state index contributed by atoms with van der Waals surface area (Å²) in [5.41, 5.74) is 17.4. The summed E-state index contributed by atoms with van der Waals surface area (Å²) in [6.07, 6.45) is 0.186. The molecule has 1 saturated heterocycles. The van der Waals surface area contributed by atoms with E-state index >= 15 is 0 Å². The Labute approximate surface area is 309 Å². The molecule has 2 rings (SSSR count). The quantitative estimate of drug-likeness (QED) is 0.0731. The third-order valence-electron chi connectivity index (χ3n) is 8.74. The molecule has 0 spiro atoms. The van der Waals surface area contributed by atoms with Gasteiger partial charge in [-0.1, -0.05) is 58.0 Å². The summed E-state index contributed by atoms with van der Waals surface area (Å²) in [5, 5.41) is 20.1. The number of rotatable bonds is 22. The van der Waals surface area contributed by atoms with Crippen molar-refractivity contribution in [3.63, 3.8) is 0 Å². The number of hydrogen-bond acceptors (Lipinski definition) is 9. The van der Waals surface area contributed by atoms with Crippen molar-refractivity contribution in [3.8, 4) is 0 Å². The fourth-order valence-electron chi connectivity index (χ4n) is 6.06. The molecule has 17 nitrogen and oxygen atoms in total. The lowest BCUT2D eigenvalue weighted by molar-refractivity contribution is -0.145. The van der Waals surface area contributed by atoms with Crippen molar-refractivity contribution >= 4 is 47.3 Å². The van der Waals surface area contributed by atoms with Crippen LogP contribution >= 0.6 is 0 Å². The minimum absolute atomic E-state index is 0.0145. The third-order valence-corrected chi connectivity index (χ3v) is 8.74. The van der Waals surface area contributed by atoms with Crippen LogP contribution in [-0.4, -0.2) is 100 Å². The van der Waals surface area contributed by atoms with Crippen LogP contribution in [0, 0.1) is 11.8 Å². The SMILES string of the molecule is CC(C)C[C@H](NC(=O)[C@H](CCC(N)=O)NC(=O)[C@@H](N)CC(C)C)C(=O)N[C@@H](CCC(N)=O)C(=O)N1CCC[C@H]1C(=O)N[C@@H](Cc1ccccc1)C(=O)O. The Morgan fingerprint density at radius 1 is 0.736 bits per heavy atom. The highest BCUT2D eigenvalue weighted by Gasteiger charge is 2.40. The lowest BCUT2D eigenvalue weighted by Crippen LogP contribution is -2.59. The molecule has 1 aromatic carbocycles. The molecule has 53 heavy (non-hydrogen) atoms. The van der Waals surface area contributed by atoms with E-state index in [2.05, 4.69) is 21.3 Å². The van der Waals surface area contributed by atoms with Gasteiger partial charge in [0.2, 0.25) is 41.4 Å². The van der Waals surface area contributed by atoms with Gasteiger partial charge in [0.1, 0.15) is 30.2 Å². The first-order valence-corrected chi connectivity index (χ1v) is 18.0. The van der Waals surface area contributed by atoms with Crippen LogP contribution in [-0.2, 0) is 44.8 Å². The lowest BCUT2D eigenvalue weighted by atomic mass is 10.00. The zero-order valence-electron chi connectivity index (χ0n) is 31.0. The fraction of sp³-hybridized carbons (Fsp3) is 0.611. The second-order valence-electron chi connectivity index (χ2n) is 14.3. The normalized spacial score (nSPS) is 16.9. The van der Waals surface area contributed by atoms with Crippen molar-refractivity contribution in [2.75, 3.05) is 6.54 Å². The van der Waals surface area contributed by atoms with E-state index in [1.54, 1.807) is 44.2 Å². The third kappa shape index (κ3) is 15.2. The molecule has 0 aromatic heterocycles. The Morgan fingerprint density at radius 2 is 1.26 bits per heavy atom. The molecule has 11 N–H and O–H groups in total. The molecule has 6 atom stereocenters. The summed E-state index contributed by atoms with van der Waals surface area (Å²) in [5.74, 6) is -6.31. The number of aliphatic carboxylic acids is 1. The first kappa shape index (κ1) is 44.1. The number of carbonyl (C=O) groups excluding carboxylic acids is 7. The van der Waals surface area contributed by atoms with Crippen LogP contribution in [0.3, 0.4) is 0 Å². The molecule has 1 aromatic rings. The summed E-state index contributed by atoms with van der Waals surface area (Å²) in [4.78, 5) is 104. The van der Waals surface area contributed by atoms with Gasteiger partial charge in [0, 0.05) is 25.8 Å². The van der Waals surface area contributed by atoms with Gasteiger partial charge in [0.25, 0.3) is 0 Å². The second kappa shape index (κ2) is 21.5. The Morgan fingerprint density at radius 3 is 1.81 bits per heavy atom. The first-order chi connectivity index (χ1) is 24.9.